The Balaban J connectivity index is 3.09. The van der Waals surface area contributed by atoms with Crippen molar-refractivity contribution in [3.05, 3.63) is 17.7 Å². The van der Waals surface area contributed by atoms with Gasteiger partial charge in [-0.15, -0.1) is 0 Å². The van der Waals surface area contributed by atoms with Gasteiger partial charge in [-0.25, -0.2) is 4.79 Å². The lowest BCUT2D eigenvalue weighted by atomic mass is 10.1. The lowest BCUT2D eigenvalue weighted by Gasteiger charge is -2.16. The maximum atomic E-state index is 11.9. The maximum Gasteiger partial charge on any atom is 0.338 e. The summed E-state index contributed by atoms with van der Waals surface area (Å²) in [5.41, 5.74) is 8.68. The minimum atomic E-state index is -0.439. The number of rotatable bonds is 8. The molecule has 0 bridgehead atoms. The summed E-state index contributed by atoms with van der Waals surface area (Å²) in [6, 6.07) is 3.09. The van der Waals surface area contributed by atoms with E-state index in [0.29, 0.717) is 48.7 Å². The number of esters is 1. The summed E-state index contributed by atoms with van der Waals surface area (Å²) in [6.45, 7) is 11.1. The minimum absolute atomic E-state index is 0.161. The third kappa shape index (κ3) is 5.47. The third-order valence-corrected chi connectivity index (χ3v) is 2.72. The smallest absolute Gasteiger partial charge is 0.338 e. The molecule has 0 fully saturated rings. The molecule has 1 radical (unpaired) electrons. The van der Waals surface area contributed by atoms with Gasteiger partial charge in [-0.05, 0) is 30.9 Å². The second kappa shape index (κ2) is 8.51. The molecule has 1 N–H and O–H groups in total. The Morgan fingerprint density at radius 1 is 1.05 bits per heavy atom. The highest BCUT2D eigenvalue weighted by atomic mass is 16.5. The van der Waals surface area contributed by atoms with Gasteiger partial charge >= 0.3 is 5.97 Å². The average Bonchev–Trinajstić information content (AvgIpc) is 2.44. The summed E-state index contributed by atoms with van der Waals surface area (Å²) in [7, 11) is 0. The van der Waals surface area contributed by atoms with Crippen LogP contribution in [0, 0.1) is 11.8 Å². The Bertz CT molecular complexity index is 464. The van der Waals surface area contributed by atoms with E-state index in [-0.39, 0.29) is 5.69 Å². The number of benzene rings is 1. The first kappa shape index (κ1) is 18.1. The first-order valence-corrected chi connectivity index (χ1v) is 7.67. The normalized spacial score (nSPS) is 10.9. The molecule has 0 aliphatic rings. The van der Waals surface area contributed by atoms with E-state index in [2.05, 4.69) is 0 Å². The Kier molecular flexibility index (Phi) is 7.02. The largest absolute Gasteiger partial charge is 0.491 e. The molecule has 123 valence electrons. The van der Waals surface area contributed by atoms with Crippen LogP contribution in [0.5, 0.6) is 11.5 Å². The fourth-order valence-electron chi connectivity index (χ4n) is 1.66. The van der Waals surface area contributed by atoms with Gasteiger partial charge in [0.05, 0.1) is 25.4 Å². The molecule has 0 atom stereocenters. The van der Waals surface area contributed by atoms with Gasteiger partial charge in [0.2, 0.25) is 0 Å². The zero-order valence-electron chi connectivity index (χ0n) is 14.1. The van der Waals surface area contributed by atoms with Crippen LogP contribution < -0.4 is 15.2 Å². The number of carbonyl (C=O) groups is 1. The van der Waals surface area contributed by atoms with Crippen molar-refractivity contribution in [2.24, 2.45) is 11.8 Å². The van der Waals surface area contributed by atoms with Crippen molar-refractivity contribution in [3.8, 4) is 11.5 Å². The molecule has 1 aromatic carbocycles. The molecule has 0 aromatic heterocycles. The molecule has 5 heteroatoms. The van der Waals surface area contributed by atoms with E-state index in [9.17, 15) is 4.79 Å². The summed E-state index contributed by atoms with van der Waals surface area (Å²) in [4.78, 5) is 11.9. The zero-order chi connectivity index (χ0) is 16.7. The molecule has 1 rings (SSSR count). The van der Waals surface area contributed by atoms with Gasteiger partial charge in [0.25, 0.3) is 0 Å². The van der Waals surface area contributed by atoms with Crippen molar-refractivity contribution in [3.63, 3.8) is 0 Å². The monoisotopic (exact) mass is 308 g/mol. The van der Waals surface area contributed by atoms with Crippen LogP contribution in [-0.2, 0) is 4.74 Å². The van der Waals surface area contributed by atoms with Crippen LogP contribution in [-0.4, -0.2) is 25.8 Å². The van der Waals surface area contributed by atoms with Crippen LogP contribution in [0.4, 0.5) is 5.69 Å². The van der Waals surface area contributed by atoms with Gasteiger partial charge in [-0.1, -0.05) is 27.7 Å². The van der Waals surface area contributed by atoms with E-state index in [1.54, 1.807) is 19.1 Å². The SMILES string of the molecule is CCOC(=O)c1cc(OCC(C)C)c([NH])c(OCC(C)C)c1. The number of nitrogens with one attached hydrogen (secondary N) is 1. The highest BCUT2D eigenvalue weighted by Crippen LogP contribution is 2.35. The van der Waals surface area contributed by atoms with Crippen molar-refractivity contribution in [1.29, 1.82) is 0 Å². The fourth-order valence-corrected chi connectivity index (χ4v) is 1.66. The van der Waals surface area contributed by atoms with E-state index in [0.717, 1.165) is 0 Å². The molecular weight excluding hydrogens is 282 g/mol. The lowest BCUT2D eigenvalue weighted by Crippen LogP contribution is -2.10. The molecule has 0 amide bonds. The number of hydrogen-bond donors (Lipinski definition) is 0. The minimum Gasteiger partial charge on any atom is -0.491 e. The zero-order valence-corrected chi connectivity index (χ0v) is 14.1. The van der Waals surface area contributed by atoms with Crippen LogP contribution >= 0.6 is 0 Å². The molecule has 0 saturated carbocycles. The number of ether oxygens (including phenoxy) is 3. The Morgan fingerprint density at radius 3 is 1.86 bits per heavy atom. The fraction of sp³-hybridized carbons (Fsp3) is 0.588. The van der Waals surface area contributed by atoms with Crippen LogP contribution in [0.25, 0.3) is 0 Å². The Hall–Kier alpha value is -1.91. The molecule has 0 unspecified atom stereocenters. The summed E-state index contributed by atoms with van der Waals surface area (Å²) >= 11 is 0. The number of carbonyl (C=O) groups excluding carboxylic acids is 1. The summed E-state index contributed by atoms with van der Waals surface area (Å²) in [5.74, 6) is 0.902. The molecular formula is C17H26NO4. The van der Waals surface area contributed by atoms with E-state index >= 15 is 0 Å². The lowest BCUT2D eigenvalue weighted by molar-refractivity contribution is 0.0525. The van der Waals surface area contributed by atoms with Crippen LogP contribution in [0.3, 0.4) is 0 Å². The molecule has 0 saturated heterocycles. The molecule has 0 aliphatic heterocycles. The first-order valence-electron chi connectivity index (χ1n) is 7.67. The second-order valence-electron chi connectivity index (χ2n) is 5.98. The predicted octanol–water partition coefficient (Wildman–Crippen LogP) is 3.85. The van der Waals surface area contributed by atoms with Gasteiger partial charge in [0.15, 0.2) is 0 Å². The second-order valence-corrected chi connectivity index (χ2v) is 5.98. The molecule has 1 aromatic rings. The van der Waals surface area contributed by atoms with Gasteiger partial charge in [0.1, 0.15) is 17.2 Å². The van der Waals surface area contributed by atoms with E-state index in [1.165, 1.54) is 0 Å². The summed E-state index contributed by atoms with van der Waals surface area (Å²) in [6.07, 6.45) is 0. The first-order chi connectivity index (χ1) is 10.3. The van der Waals surface area contributed by atoms with Crippen molar-refractivity contribution >= 4 is 11.7 Å². The average molecular weight is 308 g/mol. The molecule has 0 spiro atoms. The van der Waals surface area contributed by atoms with Gasteiger partial charge in [-0.3, -0.25) is 5.73 Å². The van der Waals surface area contributed by atoms with Crippen molar-refractivity contribution < 1.29 is 19.0 Å². The quantitative estimate of drug-likeness (QED) is 0.684. The van der Waals surface area contributed by atoms with Crippen molar-refractivity contribution in [1.82, 2.24) is 5.73 Å². The maximum absolute atomic E-state index is 11.9. The van der Waals surface area contributed by atoms with Crippen LogP contribution in [0.15, 0.2) is 12.1 Å². The van der Waals surface area contributed by atoms with Crippen LogP contribution in [0.1, 0.15) is 45.0 Å². The van der Waals surface area contributed by atoms with Gasteiger partial charge < -0.3 is 14.2 Å². The Morgan fingerprint density at radius 2 is 1.50 bits per heavy atom. The molecule has 0 aliphatic carbocycles. The predicted molar refractivity (Wildman–Crippen MR) is 85.8 cm³/mol. The van der Waals surface area contributed by atoms with E-state index < -0.39 is 5.97 Å². The summed E-state index contributed by atoms with van der Waals surface area (Å²) in [5, 5.41) is 0. The van der Waals surface area contributed by atoms with Crippen molar-refractivity contribution in [2.75, 3.05) is 19.8 Å². The van der Waals surface area contributed by atoms with Crippen molar-refractivity contribution in [2.45, 2.75) is 34.6 Å². The van der Waals surface area contributed by atoms with Gasteiger partial charge in [0, 0.05) is 0 Å². The van der Waals surface area contributed by atoms with Gasteiger partial charge in [-0.2, -0.15) is 0 Å². The standard InChI is InChI=1S/C17H26NO4/c1-6-20-17(19)13-7-14(21-9-11(2)3)16(18)15(8-13)22-10-12(4)5/h7-8,11-12,18H,6,9-10H2,1-5H3. The topological polar surface area (TPSA) is 68.6 Å². The van der Waals surface area contributed by atoms with Crippen LogP contribution in [0.2, 0.25) is 0 Å². The number of hydrogen-bond acceptors (Lipinski definition) is 4. The highest BCUT2D eigenvalue weighted by molar-refractivity contribution is 5.91. The Labute approximate surface area is 132 Å². The molecule has 22 heavy (non-hydrogen) atoms. The third-order valence-electron chi connectivity index (χ3n) is 2.72. The van der Waals surface area contributed by atoms with E-state index in [1.807, 2.05) is 27.7 Å². The molecule has 0 heterocycles. The van der Waals surface area contributed by atoms with E-state index in [4.69, 9.17) is 19.9 Å². The summed E-state index contributed by atoms with van der Waals surface area (Å²) < 4.78 is 16.3. The highest BCUT2D eigenvalue weighted by Gasteiger charge is 2.17. The molecule has 5 nitrogen and oxygen atoms in total.